The third-order valence-corrected chi connectivity index (χ3v) is 4.07. The molecule has 2 nitrogen and oxygen atoms in total. The predicted octanol–water partition coefficient (Wildman–Crippen LogP) is 3.92. The van der Waals surface area contributed by atoms with Crippen molar-refractivity contribution in [2.24, 2.45) is 0 Å². The summed E-state index contributed by atoms with van der Waals surface area (Å²) >= 11 is 1.75. The average Bonchev–Trinajstić information content (AvgIpc) is 2.82. The van der Waals surface area contributed by atoms with Crippen LogP contribution in [0.25, 0.3) is 0 Å². The van der Waals surface area contributed by atoms with Crippen molar-refractivity contribution < 1.29 is 4.39 Å². The topological polar surface area (TPSA) is 35.8 Å². The van der Waals surface area contributed by atoms with Crippen LogP contribution in [-0.2, 0) is 6.54 Å². The van der Waals surface area contributed by atoms with Crippen molar-refractivity contribution in [1.29, 1.82) is 5.26 Å². The highest BCUT2D eigenvalue weighted by molar-refractivity contribution is 7.12. The van der Waals surface area contributed by atoms with Crippen molar-refractivity contribution in [2.75, 3.05) is 0 Å². The molecule has 1 unspecified atom stereocenters. The maximum absolute atomic E-state index is 13.3. The summed E-state index contributed by atoms with van der Waals surface area (Å²) < 4.78 is 13.3. The molecule has 4 heteroatoms. The van der Waals surface area contributed by atoms with Gasteiger partial charge in [-0.05, 0) is 49.7 Å². The number of nitrogens with one attached hydrogen (secondary N) is 1. The maximum Gasteiger partial charge on any atom is 0.124 e. The lowest BCUT2D eigenvalue weighted by Gasteiger charge is -2.12. The maximum atomic E-state index is 13.3. The number of hydrogen-bond donors (Lipinski definition) is 1. The smallest absolute Gasteiger partial charge is 0.124 e. The van der Waals surface area contributed by atoms with Gasteiger partial charge in [-0.15, -0.1) is 11.3 Å². The van der Waals surface area contributed by atoms with Crippen molar-refractivity contribution in [2.45, 2.75) is 26.4 Å². The molecule has 0 aliphatic carbocycles. The van der Waals surface area contributed by atoms with E-state index in [-0.39, 0.29) is 11.9 Å². The van der Waals surface area contributed by atoms with Gasteiger partial charge in [-0.1, -0.05) is 0 Å². The Hall–Kier alpha value is -1.70. The summed E-state index contributed by atoms with van der Waals surface area (Å²) in [6.07, 6.45) is 0. The van der Waals surface area contributed by atoms with Crippen LogP contribution in [0.2, 0.25) is 0 Å². The molecule has 0 amide bonds. The average molecular weight is 274 g/mol. The molecule has 0 radical (unpaired) electrons. The number of nitrogens with zero attached hydrogens (tertiary/aromatic N) is 1. The minimum atomic E-state index is -0.365. The number of rotatable bonds is 4. The molecule has 1 atom stereocenters. The van der Waals surface area contributed by atoms with E-state index in [2.05, 4.69) is 31.3 Å². The first-order chi connectivity index (χ1) is 9.08. The molecule has 1 heterocycles. The molecule has 2 rings (SSSR count). The number of halogens is 1. The van der Waals surface area contributed by atoms with E-state index in [9.17, 15) is 4.39 Å². The molecule has 0 fully saturated rings. The molecule has 0 aliphatic heterocycles. The van der Waals surface area contributed by atoms with E-state index < -0.39 is 0 Å². The second-order valence-corrected chi connectivity index (χ2v) is 5.83. The molecule has 0 bridgehead atoms. The van der Waals surface area contributed by atoms with Gasteiger partial charge >= 0.3 is 0 Å². The van der Waals surface area contributed by atoms with Crippen LogP contribution in [0.5, 0.6) is 0 Å². The molecule has 1 N–H and O–H groups in total. The van der Waals surface area contributed by atoms with Crippen LogP contribution in [0.15, 0.2) is 30.3 Å². The van der Waals surface area contributed by atoms with Gasteiger partial charge in [-0.25, -0.2) is 4.39 Å². The molecule has 1 aromatic heterocycles. The van der Waals surface area contributed by atoms with Crippen molar-refractivity contribution in [3.05, 3.63) is 57.0 Å². The van der Waals surface area contributed by atoms with E-state index in [1.54, 1.807) is 17.4 Å². The number of aryl methyl sites for hydroxylation is 1. The van der Waals surface area contributed by atoms with Gasteiger partial charge in [0.1, 0.15) is 5.82 Å². The zero-order valence-electron chi connectivity index (χ0n) is 10.9. The van der Waals surface area contributed by atoms with Crippen molar-refractivity contribution in [3.8, 4) is 6.07 Å². The summed E-state index contributed by atoms with van der Waals surface area (Å²) in [5.74, 6) is -0.365. The first-order valence-electron chi connectivity index (χ1n) is 6.08. The van der Waals surface area contributed by atoms with Crippen molar-refractivity contribution in [3.63, 3.8) is 0 Å². The molecule has 0 spiro atoms. The lowest BCUT2D eigenvalue weighted by molar-refractivity contribution is 0.576. The third kappa shape index (κ3) is 3.63. The summed E-state index contributed by atoms with van der Waals surface area (Å²) in [5, 5.41) is 12.2. The van der Waals surface area contributed by atoms with Gasteiger partial charge in [-0.2, -0.15) is 5.26 Å². The van der Waals surface area contributed by atoms with Gasteiger partial charge in [0.2, 0.25) is 0 Å². The van der Waals surface area contributed by atoms with Crippen LogP contribution in [0, 0.1) is 24.1 Å². The molecule has 98 valence electrons. The number of nitriles is 1. The van der Waals surface area contributed by atoms with Gasteiger partial charge in [0.15, 0.2) is 0 Å². The first kappa shape index (κ1) is 13.7. The Morgan fingerprint density at radius 2 is 2.16 bits per heavy atom. The molecule has 0 saturated carbocycles. The Balaban J connectivity index is 2.03. The van der Waals surface area contributed by atoms with Gasteiger partial charge in [0, 0.05) is 22.3 Å². The Morgan fingerprint density at radius 3 is 2.79 bits per heavy atom. The van der Waals surface area contributed by atoms with Gasteiger partial charge in [0.05, 0.1) is 11.6 Å². The highest BCUT2D eigenvalue weighted by Crippen LogP contribution is 2.22. The fourth-order valence-corrected chi connectivity index (χ4v) is 2.78. The molecule has 19 heavy (non-hydrogen) atoms. The second kappa shape index (κ2) is 5.96. The molecular formula is C15H15FN2S. The van der Waals surface area contributed by atoms with Crippen LogP contribution in [0.1, 0.15) is 33.8 Å². The largest absolute Gasteiger partial charge is 0.305 e. The fourth-order valence-electron chi connectivity index (χ4n) is 1.87. The zero-order valence-corrected chi connectivity index (χ0v) is 11.7. The molecule has 1 aromatic carbocycles. The Labute approximate surface area is 116 Å². The van der Waals surface area contributed by atoms with Crippen molar-refractivity contribution in [1.82, 2.24) is 5.32 Å². The summed E-state index contributed by atoms with van der Waals surface area (Å²) in [6.45, 7) is 4.70. The number of hydrogen-bond acceptors (Lipinski definition) is 3. The summed E-state index contributed by atoms with van der Waals surface area (Å²) in [6, 6.07) is 10.8. The van der Waals surface area contributed by atoms with Gasteiger partial charge < -0.3 is 5.32 Å². The van der Waals surface area contributed by atoms with Crippen LogP contribution in [-0.4, -0.2) is 0 Å². The van der Waals surface area contributed by atoms with Crippen LogP contribution in [0.4, 0.5) is 4.39 Å². The SMILES string of the molecule is Cc1ccc(C(C)NCc2cc(F)cc(C#N)c2)s1. The lowest BCUT2D eigenvalue weighted by atomic mass is 10.1. The Morgan fingerprint density at radius 1 is 1.37 bits per heavy atom. The lowest BCUT2D eigenvalue weighted by Crippen LogP contribution is -2.17. The summed E-state index contributed by atoms with van der Waals surface area (Å²) in [7, 11) is 0. The molecule has 2 aromatic rings. The predicted molar refractivity (Wildman–Crippen MR) is 75.4 cm³/mol. The number of thiophene rings is 1. The van der Waals surface area contributed by atoms with E-state index in [0.29, 0.717) is 12.1 Å². The Bertz CT molecular complexity index is 613. The molecule has 0 saturated heterocycles. The molecular weight excluding hydrogens is 259 g/mol. The fraction of sp³-hybridized carbons (Fsp3) is 0.267. The van der Waals surface area contributed by atoms with E-state index >= 15 is 0 Å². The van der Waals surface area contributed by atoms with E-state index in [1.807, 2.05) is 6.07 Å². The highest BCUT2D eigenvalue weighted by Gasteiger charge is 2.08. The van der Waals surface area contributed by atoms with E-state index in [4.69, 9.17) is 5.26 Å². The minimum absolute atomic E-state index is 0.215. The van der Waals surface area contributed by atoms with Crippen LogP contribution >= 0.6 is 11.3 Å². The van der Waals surface area contributed by atoms with Gasteiger partial charge in [-0.3, -0.25) is 0 Å². The van der Waals surface area contributed by atoms with Crippen molar-refractivity contribution >= 4 is 11.3 Å². The summed E-state index contributed by atoms with van der Waals surface area (Å²) in [5.41, 5.74) is 1.15. The second-order valence-electron chi connectivity index (χ2n) is 4.51. The summed E-state index contributed by atoms with van der Waals surface area (Å²) in [4.78, 5) is 2.54. The van der Waals surface area contributed by atoms with Crippen LogP contribution < -0.4 is 5.32 Å². The standard InChI is InChI=1S/C15H15FN2S/c1-10-3-4-15(19-10)11(2)18-9-13-5-12(8-17)6-14(16)7-13/h3-7,11,18H,9H2,1-2H3. The quantitative estimate of drug-likeness (QED) is 0.917. The zero-order chi connectivity index (χ0) is 13.8. The molecule has 0 aliphatic rings. The van der Waals surface area contributed by atoms with Crippen LogP contribution in [0.3, 0.4) is 0 Å². The van der Waals surface area contributed by atoms with E-state index in [1.165, 1.54) is 21.9 Å². The Kier molecular flexibility index (Phi) is 4.31. The monoisotopic (exact) mass is 274 g/mol. The number of benzene rings is 1. The third-order valence-electron chi connectivity index (χ3n) is 2.89. The normalized spacial score (nSPS) is 12.1. The highest BCUT2D eigenvalue weighted by atomic mass is 32.1. The first-order valence-corrected chi connectivity index (χ1v) is 6.89. The minimum Gasteiger partial charge on any atom is -0.305 e. The van der Waals surface area contributed by atoms with E-state index in [0.717, 1.165) is 5.56 Å². The van der Waals surface area contributed by atoms with Gasteiger partial charge in [0.25, 0.3) is 0 Å².